The standard InChI is InChI=1S/C11H19N5/c1-16(2)11-7-10(13-8-14-11)15-9-3-5-12-6-4-9/h7-9,12H,3-6H2,1-2H3,(H,13,14,15). The molecule has 0 saturated carbocycles. The number of rotatable bonds is 3. The fourth-order valence-corrected chi connectivity index (χ4v) is 1.85. The van der Waals surface area contributed by atoms with Gasteiger partial charge in [0.15, 0.2) is 0 Å². The maximum Gasteiger partial charge on any atom is 0.133 e. The zero-order valence-electron chi connectivity index (χ0n) is 9.90. The molecule has 0 spiro atoms. The van der Waals surface area contributed by atoms with E-state index in [1.807, 2.05) is 25.1 Å². The molecule has 1 aliphatic rings. The van der Waals surface area contributed by atoms with Gasteiger partial charge >= 0.3 is 0 Å². The van der Waals surface area contributed by atoms with Gasteiger partial charge in [-0.25, -0.2) is 9.97 Å². The van der Waals surface area contributed by atoms with E-state index in [-0.39, 0.29) is 0 Å². The molecular weight excluding hydrogens is 202 g/mol. The molecule has 0 aromatic carbocycles. The molecule has 88 valence electrons. The SMILES string of the molecule is CN(C)c1cc(NC2CCNCC2)ncn1. The molecule has 1 aromatic rings. The molecule has 5 nitrogen and oxygen atoms in total. The smallest absolute Gasteiger partial charge is 0.133 e. The predicted molar refractivity (Wildman–Crippen MR) is 65.9 cm³/mol. The highest BCUT2D eigenvalue weighted by Crippen LogP contribution is 2.14. The Balaban J connectivity index is 2.00. The summed E-state index contributed by atoms with van der Waals surface area (Å²) in [7, 11) is 3.97. The molecule has 0 radical (unpaired) electrons. The van der Waals surface area contributed by atoms with Gasteiger partial charge in [0.1, 0.15) is 18.0 Å². The van der Waals surface area contributed by atoms with Gasteiger partial charge in [-0.3, -0.25) is 0 Å². The van der Waals surface area contributed by atoms with E-state index in [1.165, 1.54) is 0 Å². The predicted octanol–water partition coefficient (Wildman–Crippen LogP) is 0.706. The molecule has 0 unspecified atom stereocenters. The Morgan fingerprint density at radius 1 is 1.31 bits per heavy atom. The maximum atomic E-state index is 4.25. The van der Waals surface area contributed by atoms with Crippen LogP contribution in [0, 0.1) is 0 Å². The Morgan fingerprint density at radius 2 is 2.06 bits per heavy atom. The van der Waals surface area contributed by atoms with Gasteiger partial charge in [0, 0.05) is 26.2 Å². The van der Waals surface area contributed by atoms with Crippen LogP contribution in [0.15, 0.2) is 12.4 Å². The Bertz CT molecular complexity index is 333. The maximum absolute atomic E-state index is 4.25. The number of piperidine rings is 1. The topological polar surface area (TPSA) is 53.1 Å². The van der Waals surface area contributed by atoms with E-state index in [4.69, 9.17) is 0 Å². The zero-order chi connectivity index (χ0) is 11.4. The third kappa shape index (κ3) is 2.82. The molecule has 1 aliphatic heterocycles. The second kappa shape index (κ2) is 5.12. The molecule has 0 bridgehead atoms. The lowest BCUT2D eigenvalue weighted by atomic mass is 10.1. The van der Waals surface area contributed by atoms with E-state index in [9.17, 15) is 0 Å². The molecule has 2 N–H and O–H groups in total. The first-order valence-electron chi connectivity index (χ1n) is 5.72. The summed E-state index contributed by atoms with van der Waals surface area (Å²) in [5.74, 6) is 1.86. The van der Waals surface area contributed by atoms with E-state index in [2.05, 4.69) is 20.6 Å². The van der Waals surface area contributed by atoms with Gasteiger partial charge in [-0.2, -0.15) is 0 Å². The molecule has 0 atom stereocenters. The average Bonchev–Trinajstić information content (AvgIpc) is 2.30. The van der Waals surface area contributed by atoms with Crippen LogP contribution in [0.1, 0.15) is 12.8 Å². The van der Waals surface area contributed by atoms with E-state index >= 15 is 0 Å². The summed E-state index contributed by atoms with van der Waals surface area (Å²) < 4.78 is 0. The molecule has 0 amide bonds. The summed E-state index contributed by atoms with van der Waals surface area (Å²) in [4.78, 5) is 10.4. The van der Waals surface area contributed by atoms with Gasteiger partial charge in [0.2, 0.25) is 0 Å². The Morgan fingerprint density at radius 3 is 2.75 bits per heavy atom. The summed E-state index contributed by atoms with van der Waals surface area (Å²) in [6.45, 7) is 2.17. The van der Waals surface area contributed by atoms with Crippen molar-refractivity contribution in [1.82, 2.24) is 15.3 Å². The lowest BCUT2D eigenvalue weighted by Gasteiger charge is -2.24. The van der Waals surface area contributed by atoms with Crippen LogP contribution in [-0.2, 0) is 0 Å². The molecule has 5 heteroatoms. The summed E-state index contributed by atoms with van der Waals surface area (Å²) in [5, 5.41) is 6.81. The van der Waals surface area contributed by atoms with Gasteiger partial charge in [0.25, 0.3) is 0 Å². The average molecular weight is 221 g/mol. The van der Waals surface area contributed by atoms with Crippen LogP contribution in [0.25, 0.3) is 0 Å². The number of hydrogen-bond donors (Lipinski definition) is 2. The summed E-state index contributed by atoms with van der Waals surface area (Å²) in [6.07, 6.45) is 3.92. The normalized spacial score (nSPS) is 17.1. The third-order valence-corrected chi connectivity index (χ3v) is 2.80. The van der Waals surface area contributed by atoms with Gasteiger partial charge in [-0.1, -0.05) is 0 Å². The highest BCUT2D eigenvalue weighted by atomic mass is 15.2. The molecule has 2 rings (SSSR count). The fourth-order valence-electron chi connectivity index (χ4n) is 1.85. The van der Waals surface area contributed by atoms with Gasteiger partial charge in [0.05, 0.1) is 0 Å². The number of nitrogens with one attached hydrogen (secondary N) is 2. The van der Waals surface area contributed by atoms with Crippen molar-refractivity contribution in [2.24, 2.45) is 0 Å². The van der Waals surface area contributed by atoms with Crippen molar-refractivity contribution in [3.63, 3.8) is 0 Å². The Kier molecular flexibility index (Phi) is 3.56. The highest BCUT2D eigenvalue weighted by Gasteiger charge is 2.13. The lowest BCUT2D eigenvalue weighted by Crippen LogP contribution is -2.35. The monoisotopic (exact) mass is 221 g/mol. The van der Waals surface area contributed by atoms with Crippen LogP contribution in [0.2, 0.25) is 0 Å². The number of aromatic nitrogens is 2. The summed E-state index contributed by atoms with van der Waals surface area (Å²) in [6, 6.07) is 2.52. The minimum absolute atomic E-state index is 0.533. The quantitative estimate of drug-likeness (QED) is 0.787. The van der Waals surface area contributed by atoms with Crippen LogP contribution < -0.4 is 15.5 Å². The lowest BCUT2D eigenvalue weighted by molar-refractivity contribution is 0.478. The van der Waals surface area contributed by atoms with Crippen molar-refractivity contribution in [3.8, 4) is 0 Å². The zero-order valence-corrected chi connectivity index (χ0v) is 9.90. The minimum atomic E-state index is 0.533. The molecular formula is C11H19N5. The first-order valence-corrected chi connectivity index (χ1v) is 5.72. The van der Waals surface area contributed by atoms with E-state index in [1.54, 1.807) is 6.33 Å². The van der Waals surface area contributed by atoms with Crippen LogP contribution in [0.3, 0.4) is 0 Å². The Labute approximate surface area is 96.3 Å². The van der Waals surface area contributed by atoms with Gasteiger partial charge in [-0.15, -0.1) is 0 Å². The van der Waals surface area contributed by atoms with Crippen molar-refractivity contribution >= 4 is 11.6 Å². The van der Waals surface area contributed by atoms with Crippen LogP contribution in [0.5, 0.6) is 0 Å². The molecule has 16 heavy (non-hydrogen) atoms. The van der Waals surface area contributed by atoms with Crippen molar-refractivity contribution in [2.45, 2.75) is 18.9 Å². The van der Waals surface area contributed by atoms with Crippen LogP contribution in [0.4, 0.5) is 11.6 Å². The largest absolute Gasteiger partial charge is 0.367 e. The fraction of sp³-hybridized carbons (Fsp3) is 0.636. The van der Waals surface area contributed by atoms with Crippen molar-refractivity contribution in [1.29, 1.82) is 0 Å². The van der Waals surface area contributed by atoms with Crippen molar-refractivity contribution in [3.05, 3.63) is 12.4 Å². The second-order valence-electron chi connectivity index (χ2n) is 4.32. The van der Waals surface area contributed by atoms with Crippen molar-refractivity contribution in [2.75, 3.05) is 37.4 Å². The molecule has 1 aromatic heterocycles. The number of nitrogens with zero attached hydrogens (tertiary/aromatic N) is 3. The molecule has 1 saturated heterocycles. The molecule has 2 heterocycles. The number of hydrogen-bond acceptors (Lipinski definition) is 5. The Hall–Kier alpha value is -1.36. The summed E-state index contributed by atoms with van der Waals surface area (Å²) >= 11 is 0. The van der Waals surface area contributed by atoms with E-state index < -0.39 is 0 Å². The van der Waals surface area contributed by atoms with E-state index in [0.29, 0.717) is 6.04 Å². The highest BCUT2D eigenvalue weighted by molar-refractivity contribution is 5.47. The molecule has 1 fully saturated rings. The number of anilines is 2. The van der Waals surface area contributed by atoms with Crippen LogP contribution >= 0.6 is 0 Å². The summed E-state index contributed by atoms with van der Waals surface area (Å²) in [5.41, 5.74) is 0. The second-order valence-corrected chi connectivity index (χ2v) is 4.32. The van der Waals surface area contributed by atoms with Crippen LogP contribution in [-0.4, -0.2) is 43.2 Å². The first-order chi connectivity index (χ1) is 7.75. The first kappa shape index (κ1) is 11.1. The van der Waals surface area contributed by atoms with Crippen molar-refractivity contribution < 1.29 is 0 Å². The minimum Gasteiger partial charge on any atom is -0.367 e. The molecule has 0 aliphatic carbocycles. The van der Waals surface area contributed by atoms with E-state index in [0.717, 1.165) is 37.6 Å². The third-order valence-electron chi connectivity index (χ3n) is 2.80. The van der Waals surface area contributed by atoms with Gasteiger partial charge < -0.3 is 15.5 Å². The van der Waals surface area contributed by atoms with Gasteiger partial charge in [-0.05, 0) is 25.9 Å².